The third-order valence-electron chi connectivity index (χ3n) is 4.36. The van der Waals surface area contributed by atoms with Crippen LogP contribution in [0.2, 0.25) is 0 Å². The Kier molecular flexibility index (Phi) is 3.32. The fourth-order valence-corrected chi connectivity index (χ4v) is 3.04. The number of hydrogen-bond donors (Lipinski definition) is 0. The van der Waals surface area contributed by atoms with Crippen LogP contribution in [0.5, 0.6) is 0 Å². The topological polar surface area (TPSA) is 59.8 Å². The van der Waals surface area contributed by atoms with Crippen LogP contribution in [0.1, 0.15) is 29.8 Å². The van der Waals surface area contributed by atoms with E-state index < -0.39 is 5.97 Å². The smallest absolute Gasteiger partial charge is 0.374 e. The molecule has 23 heavy (non-hydrogen) atoms. The quantitative estimate of drug-likeness (QED) is 0.814. The molecule has 2 fully saturated rings. The van der Waals surface area contributed by atoms with Crippen molar-refractivity contribution >= 4 is 22.8 Å². The molecule has 1 saturated carbocycles. The van der Waals surface area contributed by atoms with Crippen LogP contribution in [-0.2, 0) is 9.53 Å². The van der Waals surface area contributed by atoms with Gasteiger partial charge in [-0.05, 0) is 37.1 Å². The van der Waals surface area contributed by atoms with Crippen molar-refractivity contribution in [2.75, 3.05) is 13.2 Å². The van der Waals surface area contributed by atoms with Gasteiger partial charge in [0.2, 0.25) is 11.7 Å². The monoisotopic (exact) mass is 317 g/mol. The van der Waals surface area contributed by atoms with Gasteiger partial charge in [-0.15, -0.1) is 0 Å². The fourth-order valence-electron chi connectivity index (χ4n) is 3.04. The third-order valence-corrected chi connectivity index (χ3v) is 4.36. The maximum Gasteiger partial charge on any atom is 0.374 e. The maximum atomic E-state index is 13.1. The Morgan fingerprint density at radius 2 is 2.17 bits per heavy atom. The molecule has 0 unspecified atom stereocenters. The first kappa shape index (κ1) is 14.2. The van der Waals surface area contributed by atoms with Crippen molar-refractivity contribution in [3.05, 3.63) is 35.8 Å². The van der Waals surface area contributed by atoms with Gasteiger partial charge in [-0.2, -0.15) is 0 Å². The Hall–Kier alpha value is -2.37. The number of benzene rings is 1. The van der Waals surface area contributed by atoms with Gasteiger partial charge in [-0.3, -0.25) is 4.79 Å². The number of amides is 1. The van der Waals surface area contributed by atoms with Crippen molar-refractivity contribution in [2.24, 2.45) is 5.92 Å². The number of halogens is 1. The van der Waals surface area contributed by atoms with E-state index in [1.165, 1.54) is 24.3 Å². The SMILES string of the molecule is O=C(OC[C@@H]1CC(=O)N(C2CC2)C1)c1cc2cc(F)ccc2o1. The van der Waals surface area contributed by atoms with Gasteiger partial charge in [0.1, 0.15) is 11.4 Å². The highest BCUT2D eigenvalue weighted by Gasteiger charge is 2.39. The van der Waals surface area contributed by atoms with Crippen molar-refractivity contribution in [1.29, 1.82) is 0 Å². The Bertz CT molecular complexity index is 780. The Morgan fingerprint density at radius 1 is 1.35 bits per heavy atom. The van der Waals surface area contributed by atoms with Crippen LogP contribution in [0.25, 0.3) is 11.0 Å². The zero-order valence-electron chi connectivity index (χ0n) is 12.5. The highest BCUT2D eigenvalue weighted by molar-refractivity contribution is 5.92. The minimum absolute atomic E-state index is 0.0360. The Labute approximate surface area is 132 Å². The van der Waals surface area contributed by atoms with Gasteiger partial charge in [-0.1, -0.05) is 0 Å². The lowest BCUT2D eigenvalue weighted by molar-refractivity contribution is -0.128. The van der Waals surface area contributed by atoms with Crippen molar-refractivity contribution < 1.29 is 23.1 Å². The summed E-state index contributed by atoms with van der Waals surface area (Å²) in [4.78, 5) is 25.8. The summed E-state index contributed by atoms with van der Waals surface area (Å²) in [7, 11) is 0. The van der Waals surface area contributed by atoms with Gasteiger partial charge in [0.05, 0.1) is 6.61 Å². The predicted octanol–water partition coefficient (Wildman–Crippen LogP) is 2.74. The minimum atomic E-state index is -0.584. The lowest BCUT2D eigenvalue weighted by atomic mass is 10.1. The summed E-state index contributed by atoms with van der Waals surface area (Å²) >= 11 is 0. The largest absolute Gasteiger partial charge is 0.459 e. The molecule has 5 nitrogen and oxygen atoms in total. The van der Waals surface area contributed by atoms with E-state index in [-0.39, 0.29) is 30.0 Å². The molecule has 2 aliphatic rings. The molecule has 1 amide bonds. The number of ether oxygens (including phenoxy) is 1. The van der Waals surface area contributed by atoms with Crippen LogP contribution < -0.4 is 0 Å². The second kappa shape index (κ2) is 5.37. The number of carbonyl (C=O) groups excluding carboxylic acids is 2. The lowest BCUT2D eigenvalue weighted by Crippen LogP contribution is -2.27. The second-order valence-corrected chi connectivity index (χ2v) is 6.24. The molecule has 0 radical (unpaired) electrons. The van der Waals surface area contributed by atoms with E-state index in [0.717, 1.165) is 12.8 Å². The Morgan fingerprint density at radius 3 is 2.96 bits per heavy atom. The number of furan rings is 1. The molecule has 0 spiro atoms. The molecule has 0 N–H and O–H groups in total. The van der Waals surface area contributed by atoms with Crippen LogP contribution >= 0.6 is 0 Å². The molecule has 2 heterocycles. The number of nitrogens with zero attached hydrogens (tertiary/aromatic N) is 1. The van der Waals surface area contributed by atoms with Gasteiger partial charge >= 0.3 is 5.97 Å². The summed E-state index contributed by atoms with van der Waals surface area (Å²) in [5, 5.41) is 0.521. The van der Waals surface area contributed by atoms with E-state index in [9.17, 15) is 14.0 Å². The molecule has 4 rings (SSSR count). The molecule has 1 aliphatic carbocycles. The van der Waals surface area contributed by atoms with E-state index >= 15 is 0 Å². The maximum absolute atomic E-state index is 13.1. The van der Waals surface area contributed by atoms with Crippen LogP contribution in [0.15, 0.2) is 28.7 Å². The van der Waals surface area contributed by atoms with Crippen LogP contribution in [0.3, 0.4) is 0 Å². The highest BCUT2D eigenvalue weighted by Crippen LogP contribution is 2.32. The van der Waals surface area contributed by atoms with Gasteiger partial charge in [0, 0.05) is 30.3 Å². The van der Waals surface area contributed by atoms with Gasteiger partial charge < -0.3 is 14.1 Å². The molecule has 6 heteroatoms. The summed E-state index contributed by atoms with van der Waals surface area (Å²) in [6.07, 6.45) is 2.58. The molecule has 1 atom stereocenters. The van der Waals surface area contributed by atoms with E-state index in [2.05, 4.69) is 0 Å². The van der Waals surface area contributed by atoms with E-state index in [1.807, 2.05) is 4.90 Å². The number of carbonyl (C=O) groups is 2. The average Bonchev–Trinajstić information content (AvgIpc) is 3.17. The summed E-state index contributed by atoms with van der Waals surface area (Å²) in [5.74, 6) is -0.739. The normalized spacial score (nSPS) is 21.2. The number of likely N-dealkylation sites (tertiary alicyclic amines) is 1. The number of rotatable bonds is 4. The average molecular weight is 317 g/mol. The molecule has 0 bridgehead atoms. The number of esters is 1. The van der Waals surface area contributed by atoms with Crippen LogP contribution in [0.4, 0.5) is 4.39 Å². The fraction of sp³-hybridized carbons (Fsp3) is 0.412. The summed E-state index contributed by atoms with van der Waals surface area (Å²) in [6.45, 7) is 0.849. The van der Waals surface area contributed by atoms with Crippen molar-refractivity contribution in [2.45, 2.75) is 25.3 Å². The van der Waals surface area contributed by atoms with Crippen LogP contribution in [-0.4, -0.2) is 36.0 Å². The van der Waals surface area contributed by atoms with Crippen molar-refractivity contribution in [3.8, 4) is 0 Å². The summed E-state index contributed by atoms with van der Waals surface area (Å²) < 4.78 is 23.8. The predicted molar refractivity (Wildman–Crippen MR) is 79.3 cm³/mol. The zero-order chi connectivity index (χ0) is 16.0. The minimum Gasteiger partial charge on any atom is -0.459 e. The first-order valence-corrected chi connectivity index (χ1v) is 7.76. The Balaban J connectivity index is 1.38. The first-order chi connectivity index (χ1) is 11.1. The summed E-state index contributed by atoms with van der Waals surface area (Å²) in [6, 6.07) is 5.92. The molecule has 1 saturated heterocycles. The van der Waals surface area contributed by atoms with Crippen molar-refractivity contribution in [1.82, 2.24) is 4.90 Å². The molecule has 1 aromatic carbocycles. The molecular formula is C17H16FNO4. The van der Waals surface area contributed by atoms with E-state index in [1.54, 1.807) is 0 Å². The standard InChI is InChI=1S/C17H16FNO4/c18-12-1-4-14-11(6-12)7-15(23-14)17(21)22-9-10-5-16(20)19(8-10)13-2-3-13/h1,4,6-7,10,13H,2-3,5,8-9H2/t10-/m1/s1. The summed E-state index contributed by atoms with van der Waals surface area (Å²) in [5.41, 5.74) is 0.439. The first-order valence-electron chi connectivity index (χ1n) is 7.76. The van der Waals surface area contributed by atoms with Crippen LogP contribution in [0, 0.1) is 11.7 Å². The van der Waals surface area contributed by atoms with Crippen molar-refractivity contribution in [3.63, 3.8) is 0 Å². The lowest BCUT2D eigenvalue weighted by Gasteiger charge is -2.15. The second-order valence-electron chi connectivity index (χ2n) is 6.24. The van der Waals surface area contributed by atoms with E-state index in [4.69, 9.17) is 9.15 Å². The highest BCUT2D eigenvalue weighted by atomic mass is 19.1. The molecule has 1 aliphatic heterocycles. The molecule has 120 valence electrons. The number of hydrogen-bond acceptors (Lipinski definition) is 4. The third kappa shape index (κ3) is 2.81. The molecule has 2 aromatic rings. The molecular weight excluding hydrogens is 301 g/mol. The zero-order valence-corrected chi connectivity index (χ0v) is 12.5. The van der Waals surface area contributed by atoms with Gasteiger partial charge in [-0.25, -0.2) is 9.18 Å². The van der Waals surface area contributed by atoms with Gasteiger partial charge in [0.25, 0.3) is 0 Å². The van der Waals surface area contributed by atoms with Gasteiger partial charge in [0.15, 0.2) is 0 Å². The number of fused-ring (bicyclic) bond motifs is 1. The molecule has 1 aromatic heterocycles. The van der Waals surface area contributed by atoms with E-state index in [0.29, 0.717) is 30.0 Å².